The van der Waals surface area contributed by atoms with Gasteiger partial charge in [-0.1, -0.05) is 0 Å². The first-order valence-electron chi connectivity index (χ1n) is 7.57. The van der Waals surface area contributed by atoms with Crippen LogP contribution in [0.25, 0.3) is 0 Å². The highest BCUT2D eigenvalue weighted by Crippen LogP contribution is 2.33. The molecule has 0 fully saturated rings. The number of carbonyl (C=O) groups excluding carboxylic acids is 2. The molecule has 0 unspecified atom stereocenters. The van der Waals surface area contributed by atoms with Crippen molar-refractivity contribution in [3.8, 4) is 6.07 Å². The van der Waals surface area contributed by atoms with Gasteiger partial charge in [-0.3, -0.25) is 14.9 Å². The maximum absolute atomic E-state index is 12.4. The number of amides is 1. The standard InChI is InChI=1S/C17H15N3O5S/c1-4-25-17(22)14-10(3)12(8-18)16(26-14)19-15(21)11-5-6-13(20(23)24)9(2)7-11/h5-7H,4H2,1-3H3,(H,19,21). The average molecular weight is 373 g/mol. The molecule has 2 rings (SSSR count). The molecule has 0 aliphatic carbocycles. The quantitative estimate of drug-likeness (QED) is 0.485. The Labute approximate surface area is 153 Å². The molecule has 0 aliphatic rings. The van der Waals surface area contributed by atoms with Crippen LogP contribution in [0.4, 0.5) is 10.7 Å². The van der Waals surface area contributed by atoms with Gasteiger partial charge < -0.3 is 10.1 Å². The van der Waals surface area contributed by atoms with Gasteiger partial charge in [0.05, 0.1) is 17.1 Å². The third-order valence-electron chi connectivity index (χ3n) is 3.60. The van der Waals surface area contributed by atoms with Gasteiger partial charge in [0, 0.05) is 17.2 Å². The van der Waals surface area contributed by atoms with Gasteiger partial charge in [-0.15, -0.1) is 11.3 Å². The number of benzene rings is 1. The molecule has 8 nitrogen and oxygen atoms in total. The van der Waals surface area contributed by atoms with E-state index in [1.807, 2.05) is 6.07 Å². The van der Waals surface area contributed by atoms with Crippen molar-refractivity contribution >= 4 is 33.9 Å². The van der Waals surface area contributed by atoms with Crippen molar-refractivity contribution in [1.82, 2.24) is 0 Å². The second-order valence-corrected chi connectivity index (χ2v) is 6.33. The molecule has 2 aromatic rings. The Balaban J connectivity index is 2.33. The molecule has 1 amide bonds. The van der Waals surface area contributed by atoms with E-state index < -0.39 is 16.8 Å². The molecule has 134 valence electrons. The summed E-state index contributed by atoms with van der Waals surface area (Å²) in [5.74, 6) is -1.09. The van der Waals surface area contributed by atoms with Crippen molar-refractivity contribution in [2.24, 2.45) is 0 Å². The van der Waals surface area contributed by atoms with Crippen LogP contribution in [0, 0.1) is 35.3 Å². The minimum Gasteiger partial charge on any atom is -0.462 e. The number of rotatable bonds is 5. The Morgan fingerprint density at radius 1 is 1.38 bits per heavy atom. The maximum Gasteiger partial charge on any atom is 0.348 e. The molecular weight excluding hydrogens is 358 g/mol. The summed E-state index contributed by atoms with van der Waals surface area (Å²) in [6.45, 7) is 5.00. The van der Waals surface area contributed by atoms with Gasteiger partial charge in [-0.25, -0.2) is 4.79 Å². The van der Waals surface area contributed by atoms with Gasteiger partial charge >= 0.3 is 5.97 Å². The topological polar surface area (TPSA) is 122 Å². The number of esters is 1. The van der Waals surface area contributed by atoms with E-state index in [0.717, 1.165) is 11.3 Å². The number of aryl methyl sites for hydroxylation is 1. The lowest BCUT2D eigenvalue weighted by molar-refractivity contribution is -0.385. The number of nitro benzene ring substituents is 1. The molecule has 0 aliphatic heterocycles. The summed E-state index contributed by atoms with van der Waals surface area (Å²) in [6.07, 6.45) is 0. The molecule has 1 N–H and O–H groups in total. The van der Waals surface area contributed by atoms with Crippen LogP contribution in [0.2, 0.25) is 0 Å². The minimum atomic E-state index is -0.557. The summed E-state index contributed by atoms with van der Waals surface area (Å²) in [5, 5.41) is 23.0. The number of ether oxygens (including phenoxy) is 1. The zero-order chi connectivity index (χ0) is 19.4. The summed E-state index contributed by atoms with van der Waals surface area (Å²) in [5.41, 5.74) is 1.09. The summed E-state index contributed by atoms with van der Waals surface area (Å²) in [4.78, 5) is 35.0. The van der Waals surface area contributed by atoms with E-state index in [4.69, 9.17) is 4.74 Å². The number of nitrogens with zero attached hydrogens (tertiary/aromatic N) is 2. The predicted octanol–water partition coefficient (Wildman–Crippen LogP) is 3.57. The summed E-state index contributed by atoms with van der Waals surface area (Å²) in [7, 11) is 0. The fourth-order valence-corrected chi connectivity index (χ4v) is 3.35. The van der Waals surface area contributed by atoms with Crippen LogP contribution >= 0.6 is 11.3 Å². The normalized spacial score (nSPS) is 10.1. The highest BCUT2D eigenvalue weighted by molar-refractivity contribution is 7.18. The number of anilines is 1. The van der Waals surface area contributed by atoms with Crippen molar-refractivity contribution in [2.75, 3.05) is 11.9 Å². The summed E-state index contributed by atoms with van der Waals surface area (Å²) >= 11 is 0.957. The van der Waals surface area contributed by atoms with Crippen molar-refractivity contribution in [1.29, 1.82) is 5.26 Å². The number of hydrogen-bond donors (Lipinski definition) is 1. The van der Waals surface area contributed by atoms with E-state index in [9.17, 15) is 25.0 Å². The molecule has 1 aromatic carbocycles. The second-order valence-electron chi connectivity index (χ2n) is 5.31. The predicted molar refractivity (Wildman–Crippen MR) is 95.5 cm³/mol. The number of thiophene rings is 1. The number of nitro groups is 1. The van der Waals surface area contributed by atoms with Crippen LogP contribution in [-0.4, -0.2) is 23.4 Å². The fraction of sp³-hybridized carbons (Fsp3) is 0.235. The van der Waals surface area contributed by atoms with Gasteiger partial charge in [0.2, 0.25) is 0 Å². The summed E-state index contributed by atoms with van der Waals surface area (Å²) in [6, 6.07) is 5.95. The number of nitriles is 1. The zero-order valence-electron chi connectivity index (χ0n) is 14.3. The number of carbonyl (C=O) groups is 2. The Bertz CT molecular complexity index is 943. The third-order valence-corrected chi connectivity index (χ3v) is 4.79. The third kappa shape index (κ3) is 3.70. The van der Waals surface area contributed by atoms with Crippen molar-refractivity contribution < 1.29 is 19.2 Å². The van der Waals surface area contributed by atoms with Crippen LogP contribution in [0.5, 0.6) is 0 Å². The van der Waals surface area contributed by atoms with Crippen molar-refractivity contribution in [2.45, 2.75) is 20.8 Å². The molecule has 1 heterocycles. The lowest BCUT2D eigenvalue weighted by Gasteiger charge is -2.05. The first-order chi connectivity index (χ1) is 12.3. The lowest BCUT2D eigenvalue weighted by Crippen LogP contribution is -2.12. The smallest absolute Gasteiger partial charge is 0.348 e. The van der Waals surface area contributed by atoms with E-state index in [1.165, 1.54) is 25.1 Å². The van der Waals surface area contributed by atoms with Crippen molar-refractivity contribution in [3.63, 3.8) is 0 Å². The van der Waals surface area contributed by atoms with Crippen LogP contribution in [0.1, 0.15) is 43.6 Å². The van der Waals surface area contributed by atoms with Gasteiger partial charge in [0.25, 0.3) is 11.6 Å². The van der Waals surface area contributed by atoms with E-state index in [-0.39, 0.29) is 33.3 Å². The molecule has 0 radical (unpaired) electrons. The monoisotopic (exact) mass is 373 g/mol. The summed E-state index contributed by atoms with van der Waals surface area (Å²) < 4.78 is 4.95. The molecule has 0 saturated carbocycles. The zero-order valence-corrected chi connectivity index (χ0v) is 15.1. The molecule has 0 bridgehead atoms. The molecule has 1 aromatic heterocycles. The second kappa shape index (κ2) is 7.76. The highest BCUT2D eigenvalue weighted by atomic mass is 32.1. The van der Waals surface area contributed by atoms with E-state index in [0.29, 0.717) is 11.1 Å². The molecule has 0 atom stereocenters. The van der Waals surface area contributed by atoms with Gasteiger partial charge in [0.1, 0.15) is 15.9 Å². The van der Waals surface area contributed by atoms with Crippen LogP contribution in [-0.2, 0) is 4.74 Å². The largest absolute Gasteiger partial charge is 0.462 e. The number of hydrogen-bond acceptors (Lipinski definition) is 7. The SMILES string of the molecule is CCOC(=O)c1sc(NC(=O)c2ccc([N+](=O)[O-])c(C)c2)c(C#N)c1C. The highest BCUT2D eigenvalue weighted by Gasteiger charge is 2.23. The van der Waals surface area contributed by atoms with Gasteiger partial charge in [-0.05, 0) is 38.5 Å². The number of nitrogens with one attached hydrogen (secondary N) is 1. The molecule has 26 heavy (non-hydrogen) atoms. The Morgan fingerprint density at radius 2 is 2.08 bits per heavy atom. The van der Waals surface area contributed by atoms with E-state index >= 15 is 0 Å². The Hall–Kier alpha value is -3.25. The molecule has 0 saturated heterocycles. The molecular formula is C17H15N3O5S. The van der Waals surface area contributed by atoms with Gasteiger partial charge in [0.15, 0.2) is 0 Å². The first-order valence-corrected chi connectivity index (χ1v) is 8.38. The average Bonchev–Trinajstić information content (AvgIpc) is 2.90. The Kier molecular flexibility index (Phi) is 5.69. The maximum atomic E-state index is 12.4. The fourth-order valence-electron chi connectivity index (χ4n) is 2.30. The Morgan fingerprint density at radius 3 is 2.62 bits per heavy atom. The van der Waals surface area contributed by atoms with Crippen molar-refractivity contribution in [3.05, 3.63) is 55.4 Å². The van der Waals surface area contributed by atoms with Gasteiger partial charge in [-0.2, -0.15) is 5.26 Å². The van der Waals surface area contributed by atoms with E-state index in [2.05, 4.69) is 5.32 Å². The first kappa shape index (κ1) is 19.1. The minimum absolute atomic E-state index is 0.0872. The van der Waals surface area contributed by atoms with Crippen LogP contribution in [0.3, 0.4) is 0 Å². The lowest BCUT2D eigenvalue weighted by atomic mass is 10.1. The molecule has 9 heteroatoms. The molecule has 0 spiro atoms. The van der Waals surface area contributed by atoms with Crippen LogP contribution in [0.15, 0.2) is 18.2 Å². The van der Waals surface area contributed by atoms with E-state index in [1.54, 1.807) is 13.8 Å². The van der Waals surface area contributed by atoms with Crippen LogP contribution < -0.4 is 5.32 Å².